The Morgan fingerprint density at radius 1 is 1.00 bits per heavy atom. The van der Waals surface area contributed by atoms with Crippen molar-refractivity contribution in [2.45, 2.75) is 19.8 Å². The Labute approximate surface area is 150 Å². The lowest BCUT2D eigenvalue weighted by molar-refractivity contribution is -0.141. The van der Waals surface area contributed by atoms with Crippen molar-refractivity contribution in [2.75, 3.05) is 27.2 Å². The van der Waals surface area contributed by atoms with Crippen molar-refractivity contribution in [3.05, 3.63) is 60.2 Å². The fourth-order valence-electron chi connectivity index (χ4n) is 2.20. The van der Waals surface area contributed by atoms with Gasteiger partial charge in [0.2, 0.25) is 0 Å². The van der Waals surface area contributed by atoms with Crippen molar-refractivity contribution in [3.63, 3.8) is 0 Å². The van der Waals surface area contributed by atoms with Gasteiger partial charge in [0, 0.05) is 6.54 Å². The van der Waals surface area contributed by atoms with Crippen molar-refractivity contribution in [2.24, 2.45) is 5.92 Å². The molecule has 0 saturated heterocycles. The number of hydrogen-bond donors (Lipinski definition) is 2. The average molecular weight is 343 g/mol. The van der Waals surface area contributed by atoms with E-state index in [9.17, 15) is 4.79 Å². The first-order valence-corrected chi connectivity index (χ1v) is 8.56. The van der Waals surface area contributed by atoms with E-state index in [0.29, 0.717) is 6.42 Å². The van der Waals surface area contributed by atoms with Gasteiger partial charge in [-0.15, -0.1) is 0 Å². The highest BCUT2D eigenvalue weighted by Crippen LogP contribution is 2.20. The van der Waals surface area contributed by atoms with Gasteiger partial charge in [-0.2, -0.15) is 0 Å². The maximum absolute atomic E-state index is 10.8. The molecule has 136 valence electrons. The number of likely N-dealkylation sites (N-methyl/N-ethyl adjacent to an activating group) is 1. The zero-order valence-corrected chi connectivity index (χ0v) is 15.4. The topological polar surface area (TPSA) is 60.8 Å². The van der Waals surface area contributed by atoms with Gasteiger partial charge in [0.1, 0.15) is 0 Å². The summed E-state index contributed by atoms with van der Waals surface area (Å²) in [7, 11) is 3.85. The first-order valence-electron chi connectivity index (χ1n) is 8.56. The molecule has 0 amide bonds. The van der Waals surface area contributed by atoms with Crippen LogP contribution in [0.1, 0.15) is 18.9 Å². The summed E-state index contributed by atoms with van der Waals surface area (Å²) >= 11 is 0. The quantitative estimate of drug-likeness (QED) is 0.807. The van der Waals surface area contributed by atoms with Crippen molar-refractivity contribution >= 4 is 5.97 Å². The standard InChI is InChI=1S/C17H18O2.C4H11NO/c1-13(17(18)19)7-8-14-9-11-16(12-10-14)15-5-3-2-4-6-15;1-5(2)3-4-6/h2-6,9-13H,7-8H2,1H3,(H,18,19);6H,3-4H2,1-2H3. The largest absolute Gasteiger partial charge is 0.481 e. The smallest absolute Gasteiger partial charge is 0.306 e. The van der Waals surface area contributed by atoms with Gasteiger partial charge >= 0.3 is 5.97 Å². The molecule has 2 N–H and O–H groups in total. The Morgan fingerprint density at radius 2 is 1.56 bits per heavy atom. The number of carboxylic acids is 1. The molecule has 0 heterocycles. The van der Waals surface area contributed by atoms with E-state index in [1.165, 1.54) is 16.7 Å². The molecule has 4 nitrogen and oxygen atoms in total. The third-order valence-corrected chi connectivity index (χ3v) is 3.90. The number of nitrogens with zero attached hydrogens (tertiary/aromatic N) is 1. The molecule has 0 aliphatic rings. The summed E-state index contributed by atoms with van der Waals surface area (Å²) in [6.07, 6.45) is 1.49. The second-order valence-electron chi connectivity index (χ2n) is 6.37. The van der Waals surface area contributed by atoms with Gasteiger partial charge in [-0.3, -0.25) is 4.79 Å². The number of aryl methyl sites for hydroxylation is 1. The van der Waals surface area contributed by atoms with E-state index in [0.717, 1.165) is 13.0 Å². The first-order chi connectivity index (χ1) is 11.9. The Morgan fingerprint density at radius 3 is 2.00 bits per heavy atom. The van der Waals surface area contributed by atoms with Crippen LogP contribution in [0.3, 0.4) is 0 Å². The number of aliphatic hydroxyl groups excluding tert-OH is 1. The fourth-order valence-corrected chi connectivity index (χ4v) is 2.20. The molecule has 0 saturated carbocycles. The van der Waals surface area contributed by atoms with Crippen molar-refractivity contribution < 1.29 is 15.0 Å². The Balaban J connectivity index is 0.000000450. The molecular weight excluding hydrogens is 314 g/mol. The summed E-state index contributed by atoms with van der Waals surface area (Å²) in [5.41, 5.74) is 3.58. The van der Waals surface area contributed by atoms with E-state index in [1.54, 1.807) is 6.92 Å². The van der Waals surface area contributed by atoms with E-state index in [4.69, 9.17) is 10.2 Å². The molecule has 4 heteroatoms. The number of carbonyl (C=O) groups is 1. The maximum atomic E-state index is 10.8. The molecule has 0 bridgehead atoms. The van der Waals surface area contributed by atoms with Crippen LogP contribution in [-0.4, -0.2) is 48.3 Å². The summed E-state index contributed by atoms with van der Waals surface area (Å²) in [4.78, 5) is 12.7. The average Bonchev–Trinajstić information content (AvgIpc) is 2.61. The minimum absolute atomic E-state index is 0.257. The molecule has 2 rings (SSSR count). The van der Waals surface area contributed by atoms with Crippen molar-refractivity contribution in [1.29, 1.82) is 0 Å². The highest BCUT2D eigenvalue weighted by atomic mass is 16.4. The molecule has 1 atom stereocenters. The van der Waals surface area contributed by atoms with Gasteiger partial charge in [-0.25, -0.2) is 0 Å². The molecule has 1 unspecified atom stereocenters. The normalized spacial score (nSPS) is 11.6. The third-order valence-electron chi connectivity index (χ3n) is 3.90. The lowest BCUT2D eigenvalue weighted by atomic mass is 9.99. The van der Waals surface area contributed by atoms with E-state index in [1.807, 2.05) is 37.2 Å². The predicted molar refractivity (Wildman–Crippen MR) is 103 cm³/mol. The van der Waals surface area contributed by atoms with Crippen LogP contribution in [0.15, 0.2) is 54.6 Å². The van der Waals surface area contributed by atoms with E-state index in [-0.39, 0.29) is 12.5 Å². The summed E-state index contributed by atoms with van der Waals surface area (Å²) in [6.45, 7) is 2.77. The van der Waals surface area contributed by atoms with E-state index < -0.39 is 5.97 Å². The van der Waals surface area contributed by atoms with Gasteiger partial charge in [-0.05, 0) is 43.6 Å². The van der Waals surface area contributed by atoms with Crippen LogP contribution in [0.2, 0.25) is 0 Å². The zero-order valence-electron chi connectivity index (χ0n) is 15.4. The van der Waals surface area contributed by atoms with E-state index >= 15 is 0 Å². The second-order valence-corrected chi connectivity index (χ2v) is 6.37. The molecule has 0 radical (unpaired) electrons. The molecule has 0 spiro atoms. The molecule has 0 aromatic heterocycles. The molecule has 0 aliphatic carbocycles. The maximum Gasteiger partial charge on any atom is 0.306 e. The second kappa shape index (κ2) is 11.4. The van der Waals surface area contributed by atoms with Gasteiger partial charge in [0.25, 0.3) is 0 Å². The molecule has 25 heavy (non-hydrogen) atoms. The lowest BCUT2D eigenvalue weighted by Gasteiger charge is -2.07. The molecule has 0 fully saturated rings. The van der Waals surface area contributed by atoms with E-state index in [2.05, 4.69) is 36.4 Å². The monoisotopic (exact) mass is 343 g/mol. The Bertz CT molecular complexity index is 609. The number of benzene rings is 2. The molecule has 2 aromatic rings. The van der Waals surface area contributed by atoms with Crippen LogP contribution in [-0.2, 0) is 11.2 Å². The van der Waals surface area contributed by atoms with Gasteiger partial charge in [-0.1, -0.05) is 61.5 Å². The number of aliphatic hydroxyl groups is 1. The van der Waals surface area contributed by atoms with Gasteiger partial charge < -0.3 is 15.1 Å². The van der Waals surface area contributed by atoms with Crippen LogP contribution in [0.25, 0.3) is 11.1 Å². The summed E-state index contributed by atoms with van der Waals surface area (Å²) in [6, 6.07) is 18.6. The summed E-state index contributed by atoms with van der Waals surface area (Å²) < 4.78 is 0. The first kappa shape index (κ1) is 20.9. The van der Waals surface area contributed by atoms with Crippen LogP contribution in [0.4, 0.5) is 0 Å². The highest BCUT2D eigenvalue weighted by Gasteiger charge is 2.10. The third kappa shape index (κ3) is 8.47. The minimum atomic E-state index is -0.721. The van der Waals surface area contributed by atoms with Crippen LogP contribution in [0.5, 0.6) is 0 Å². The van der Waals surface area contributed by atoms with Gasteiger partial charge in [0.15, 0.2) is 0 Å². The number of carboxylic acid groups (broad SMARTS) is 1. The zero-order chi connectivity index (χ0) is 18.7. The molecular formula is C21H29NO3. The van der Waals surface area contributed by atoms with Crippen LogP contribution >= 0.6 is 0 Å². The number of aliphatic carboxylic acids is 1. The van der Waals surface area contributed by atoms with Crippen molar-refractivity contribution in [3.8, 4) is 11.1 Å². The minimum Gasteiger partial charge on any atom is -0.481 e. The summed E-state index contributed by atoms with van der Waals surface area (Å²) in [5.74, 6) is -1.00. The van der Waals surface area contributed by atoms with Gasteiger partial charge in [0.05, 0.1) is 12.5 Å². The predicted octanol–water partition coefficient (Wildman–Crippen LogP) is 3.55. The number of hydrogen-bond acceptors (Lipinski definition) is 3. The summed E-state index contributed by atoms with van der Waals surface area (Å²) in [5, 5.41) is 17.0. The molecule has 0 aliphatic heterocycles. The lowest BCUT2D eigenvalue weighted by Crippen LogP contribution is -2.15. The molecule has 2 aromatic carbocycles. The van der Waals surface area contributed by atoms with Crippen LogP contribution in [0, 0.1) is 5.92 Å². The SMILES string of the molecule is CC(CCc1ccc(-c2ccccc2)cc1)C(=O)O.CN(C)CCO. The Kier molecular flexibility index (Phi) is 9.51. The number of rotatable bonds is 7. The fraction of sp³-hybridized carbons (Fsp3) is 0.381. The Hall–Kier alpha value is -2.17. The van der Waals surface area contributed by atoms with Crippen LogP contribution < -0.4 is 0 Å². The highest BCUT2D eigenvalue weighted by molar-refractivity contribution is 5.69. The van der Waals surface area contributed by atoms with Crippen molar-refractivity contribution in [1.82, 2.24) is 4.90 Å².